The van der Waals surface area contributed by atoms with Gasteiger partial charge in [0.15, 0.2) is 0 Å². The van der Waals surface area contributed by atoms with Crippen molar-refractivity contribution in [3.8, 4) is 5.75 Å². The Kier molecular flexibility index (Phi) is 5.31. The molecule has 0 aliphatic carbocycles. The molecule has 0 saturated heterocycles. The Morgan fingerprint density at radius 3 is 2.33 bits per heavy atom. The van der Waals surface area contributed by atoms with Gasteiger partial charge >= 0.3 is 0 Å². The highest BCUT2D eigenvalue weighted by atomic mass is 79.9. The molecule has 0 saturated carbocycles. The Morgan fingerprint density at radius 2 is 1.81 bits per heavy atom. The predicted octanol–water partition coefficient (Wildman–Crippen LogP) is 5.04. The lowest BCUT2D eigenvalue weighted by Crippen LogP contribution is -2.18. The van der Waals surface area contributed by atoms with E-state index in [1.165, 1.54) is 5.56 Å². The second-order valence-corrected chi connectivity index (χ2v) is 6.28. The number of halogens is 2. The van der Waals surface area contributed by atoms with E-state index in [4.69, 9.17) is 16.3 Å². The van der Waals surface area contributed by atoms with Crippen LogP contribution in [0, 0.1) is 13.8 Å². The lowest BCUT2D eigenvalue weighted by atomic mass is 9.95. The molecule has 0 aliphatic rings. The van der Waals surface area contributed by atoms with Gasteiger partial charge in [-0.1, -0.05) is 35.9 Å². The molecule has 0 radical (unpaired) electrons. The van der Waals surface area contributed by atoms with Gasteiger partial charge in [-0.3, -0.25) is 0 Å². The van der Waals surface area contributed by atoms with E-state index in [9.17, 15) is 0 Å². The van der Waals surface area contributed by atoms with E-state index in [0.29, 0.717) is 0 Å². The number of hydrogen-bond acceptors (Lipinski definition) is 2. The van der Waals surface area contributed by atoms with Gasteiger partial charge in [0.05, 0.1) is 18.2 Å². The minimum atomic E-state index is 0.0401. The van der Waals surface area contributed by atoms with Crippen molar-refractivity contribution in [3.63, 3.8) is 0 Å². The predicted molar refractivity (Wildman–Crippen MR) is 92.5 cm³/mol. The number of aryl methyl sites for hydroxylation is 2. The summed E-state index contributed by atoms with van der Waals surface area (Å²) >= 11 is 9.93. The van der Waals surface area contributed by atoms with Crippen molar-refractivity contribution in [3.05, 3.63) is 62.1 Å². The maximum atomic E-state index is 6.44. The Balaban J connectivity index is 2.54. The zero-order valence-corrected chi connectivity index (χ0v) is 15.0. The van der Waals surface area contributed by atoms with E-state index < -0.39 is 0 Å². The number of hydrogen-bond donors (Lipinski definition) is 1. The fourth-order valence-corrected chi connectivity index (χ4v) is 3.33. The Morgan fingerprint density at radius 1 is 1.19 bits per heavy atom. The highest BCUT2D eigenvalue weighted by molar-refractivity contribution is 9.10. The van der Waals surface area contributed by atoms with Crippen LogP contribution in [0.15, 0.2) is 34.8 Å². The van der Waals surface area contributed by atoms with Crippen molar-refractivity contribution in [2.75, 3.05) is 14.2 Å². The molecule has 0 aliphatic heterocycles. The van der Waals surface area contributed by atoms with E-state index in [1.54, 1.807) is 7.11 Å². The molecule has 1 N–H and O–H groups in total. The summed E-state index contributed by atoms with van der Waals surface area (Å²) in [7, 11) is 3.65. The van der Waals surface area contributed by atoms with E-state index in [-0.39, 0.29) is 6.04 Å². The van der Waals surface area contributed by atoms with Crippen LogP contribution in [-0.4, -0.2) is 14.2 Å². The van der Waals surface area contributed by atoms with E-state index in [2.05, 4.69) is 47.2 Å². The second kappa shape index (κ2) is 6.82. The molecule has 112 valence electrons. The van der Waals surface area contributed by atoms with Gasteiger partial charge in [-0.25, -0.2) is 0 Å². The fourth-order valence-electron chi connectivity index (χ4n) is 2.72. The van der Waals surface area contributed by atoms with E-state index in [0.717, 1.165) is 31.9 Å². The first-order chi connectivity index (χ1) is 9.99. The number of benzene rings is 2. The molecular weight excluding hydrogens is 350 g/mol. The van der Waals surface area contributed by atoms with Crippen molar-refractivity contribution < 1.29 is 4.74 Å². The van der Waals surface area contributed by atoms with Gasteiger partial charge in [0.1, 0.15) is 5.75 Å². The summed E-state index contributed by atoms with van der Waals surface area (Å²) in [6.07, 6.45) is 0. The molecule has 1 unspecified atom stereocenters. The Hall–Kier alpha value is -1.03. The van der Waals surface area contributed by atoms with Crippen LogP contribution in [0.3, 0.4) is 0 Å². The maximum Gasteiger partial charge on any atom is 0.124 e. The van der Waals surface area contributed by atoms with Gasteiger partial charge < -0.3 is 10.1 Å². The van der Waals surface area contributed by atoms with E-state index >= 15 is 0 Å². The van der Waals surface area contributed by atoms with Crippen molar-refractivity contribution in [2.45, 2.75) is 19.9 Å². The lowest BCUT2D eigenvalue weighted by Gasteiger charge is -2.21. The van der Waals surface area contributed by atoms with E-state index in [1.807, 2.05) is 25.2 Å². The van der Waals surface area contributed by atoms with Crippen LogP contribution < -0.4 is 10.1 Å². The Bertz CT molecular complexity index is 634. The molecular formula is C17H19BrClNO. The molecule has 0 aromatic heterocycles. The van der Waals surface area contributed by atoms with Crippen LogP contribution in [0.2, 0.25) is 5.02 Å². The first-order valence-electron chi connectivity index (χ1n) is 6.76. The summed E-state index contributed by atoms with van der Waals surface area (Å²) in [5.41, 5.74) is 4.48. The van der Waals surface area contributed by atoms with Gasteiger partial charge in [0, 0.05) is 4.47 Å². The molecule has 0 amide bonds. The van der Waals surface area contributed by atoms with Crippen molar-refractivity contribution in [1.29, 1.82) is 0 Å². The molecule has 2 aromatic rings. The van der Waals surface area contributed by atoms with Gasteiger partial charge in [-0.15, -0.1) is 0 Å². The molecule has 2 aromatic carbocycles. The van der Waals surface area contributed by atoms with Crippen molar-refractivity contribution in [1.82, 2.24) is 5.32 Å². The molecule has 2 nitrogen and oxygen atoms in total. The first-order valence-corrected chi connectivity index (χ1v) is 7.93. The number of nitrogens with one attached hydrogen (secondary N) is 1. The van der Waals surface area contributed by atoms with Crippen LogP contribution in [0.5, 0.6) is 5.75 Å². The third-order valence-electron chi connectivity index (χ3n) is 3.60. The highest BCUT2D eigenvalue weighted by Gasteiger charge is 2.18. The summed E-state index contributed by atoms with van der Waals surface area (Å²) in [6.45, 7) is 4.12. The summed E-state index contributed by atoms with van der Waals surface area (Å²) < 4.78 is 6.35. The Labute approximate surface area is 139 Å². The highest BCUT2D eigenvalue weighted by Crippen LogP contribution is 2.35. The number of ether oxygens (including phenoxy) is 1. The smallest absolute Gasteiger partial charge is 0.124 e. The third-order valence-corrected chi connectivity index (χ3v) is 4.91. The maximum absolute atomic E-state index is 6.44. The van der Waals surface area contributed by atoms with Gasteiger partial charge in [-0.05, 0) is 65.1 Å². The average molecular weight is 369 g/mol. The van der Waals surface area contributed by atoms with Crippen LogP contribution in [0.25, 0.3) is 0 Å². The second-order valence-electron chi connectivity index (χ2n) is 5.05. The normalized spacial score (nSPS) is 12.3. The SMILES string of the molecule is CNC(c1cc(C)c(OC)c(C)c1)c1cccc(Br)c1Cl. The minimum Gasteiger partial charge on any atom is -0.496 e. The summed E-state index contributed by atoms with van der Waals surface area (Å²) in [5.74, 6) is 0.939. The standard InChI is InChI=1S/C17H19BrClNO/c1-10-8-12(9-11(2)17(10)21-4)16(20-3)13-6-5-7-14(18)15(13)19/h5-9,16,20H,1-4H3. The molecule has 0 heterocycles. The molecule has 0 spiro atoms. The molecule has 4 heteroatoms. The minimum absolute atomic E-state index is 0.0401. The zero-order chi connectivity index (χ0) is 15.6. The molecule has 0 bridgehead atoms. The third kappa shape index (κ3) is 3.25. The molecule has 2 rings (SSSR count). The summed E-state index contributed by atoms with van der Waals surface area (Å²) in [5, 5.41) is 4.09. The molecule has 1 atom stereocenters. The monoisotopic (exact) mass is 367 g/mol. The summed E-state index contributed by atoms with van der Waals surface area (Å²) in [6, 6.07) is 10.3. The van der Waals surface area contributed by atoms with Crippen LogP contribution in [0.4, 0.5) is 0 Å². The van der Waals surface area contributed by atoms with Crippen LogP contribution in [-0.2, 0) is 0 Å². The van der Waals surface area contributed by atoms with Crippen molar-refractivity contribution in [2.24, 2.45) is 0 Å². The largest absolute Gasteiger partial charge is 0.496 e. The van der Waals surface area contributed by atoms with Crippen LogP contribution >= 0.6 is 27.5 Å². The van der Waals surface area contributed by atoms with Gasteiger partial charge in [0.2, 0.25) is 0 Å². The van der Waals surface area contributed by atoms with Gasteiger partial charge in [-0.2, -0.15) is 0 Å². The zero-order valence-electron chi connectivity index (χ0n) is 12.6. The molecule has 21 heavy (non-hydrogen) atoms. The topological polar surface area (TPSA) is 21.3 Å². The number of rotatable bonds is 4. The summed E-state index contributed by atoms with van der Waals surface area (Å²) in [4.78, 5) is 0. The quantitative estimate of drug-likeness (QED) is 0.816. The molecule has 0 fully saturated rings. The van der Waals surface area contributed by atoms with Crippen molar-refractivity contribution >= 4 is 27.5 Å². The van der Waals surface area contributed by atoms with Crippen LogP contribution in [0.1, 0.15) is 28.3 Å². The fraction of sp³-hybridized carbons (Fsp3) is 0.294. The first kappa shape index (κ1) is 16.3. The lowest BCUT2D eigenvalue weighted by molar-refractivity contribution is 0.408. The van der Waals surface area contributed by atoms with Gasteiger partial charge in [0.25, 0.3) is 0 Å². The average Bonchev–Trinajstić information content (AvgIpc) is 2.44. The number of methoxy groups -OCH3 is 1.